The highest BCUT2D eigenvalue weighted by atomic mass is 16.5. The Balaban J connectivity index is 5.10. The van der Waals surface area contributed by atoms with Gasteiger partial charge in [-0.25, -0.2) is 9.86 Å². The maximum atomic E-state index is 13.1. The zero-order valence-electron chi connectivity index (χ0n) is 27.6. The summed E-state index contributed by atoms with van der Waals surface area (Å²) >= 11 is 0. The first-order valence-electron chi connectivity index (χ1n) is 15.2. The zero-order chi connectivity index (χ0) is 34.0. The molecule has 44 heavy (non-hydrogen) atoms. The molecule has 0 spiro atoms. The fourth-order valence-corrected chi connectivity index (χ4v) is 4.09. The summed E-state index contributed by atoms with van der Waals surface area (Å²) in [6, 6.07) is -3.77. The number of rotatable bonds is 20. The molecule has 0 radical (unpaired) electrons. The van der Waals surface area contributed by atoms with Crippen LogP contribution in [0.5, 0.6) is 0 Å². The number of nitrogens with one attached hydrogen (secondary N) is 3. The molecule has 0 aromatic carbocycles. The summed E-state index contributed by atoms with van der Waals surface area (Å²) < 4.78 is 0. The van der Waals surface area contributed by atoms with Gasteiger partial charge in [0.15, 0.2) is 0 Å². The van der Waals surface area contributed by atoms with Gasteiger partial charge >= 0.3 is 5.97 Å². The highest BCUT2D eigenvalue weighted by molar-refractivity contribution is 5.99. The maximum Gasteiger partial charge on any atom is 0.328 e. The summed E-state index contributed by atoms with van der Waals surface area (Å²) in [6.45, 7) is 14.2. The second kappa shape index (κ2) is 21.2. The lowest BCUT2D eigenvalue weighted by atomic mass is 9.99. The molecule has 0 aromatic heterocycles. The van der Waals surface area contributed by atoms with Gasteiger partial charge in [0.1, 0.15) is 24.5 Å². The van der Waals surface area contributed by atoms with E-state index in [1.165, 1.54) is 11.1 Å². The molecule has 6 N–H and O–H groups in total. The molecule has 0 saturated carbocycles. The average Bonchev–Trinajstić information content (AvgIpc) is 2.91. The van der Waals surface area contributed by atoms with Crippen LogP contribution in [0.1, 0.15) is 93.9 Å². The average molecular weight is 623 g/mol. The smallest absolute Gasteiger partial charge is 0.328 e. The van der Waals surface area contributed by atoms with Crippen molar-refractivity contribution in [1.29, 1.82) is 0 Å². The predicted octanol–water partition coefficient (Wildman–Crippen LogP) is 3.25. The molecule has 0 unspecified atom stereocenters. The van der Waals surface area contributed by atoms with Gasteiger partial charge in [0, 0.05) is 0 Å². The summed E-state index contributed by atoms with van der Waals surface area (Å²) in [7, 11) is 0. The number of allylic oxidation sites excluding steroid dienone is 5. The zero-order valence-corrected chi connectivity index (χ0v) is 27.6. The van der Waals surface area contributed by atoms with Gasteiger partial charge in [-0.15, -0.1) is 0 Å². The van der Waals surface area contributed by atoms with Crippen molar-refractivity contribution in [3.63, 3.8) is 0 Å². The van der Waals surface area contributed by atoms with Gasteiger partial charge < -0.3 is 26.2 Å². The highest BCUT2D eigenvalue weighted by Crippen LogP contribution is 2.12. The van der Waals surface area contributed by atoms with E-state index in [2.05, 4.69) is 48.9 Å². The molecule has 12 heteroatoms. The largest absolute Gasteiger partial charge is 0.480 e. The number of carbonyl (C=O) groups is 5. The van der Waals surface area contributed by atoms with Crippen LogP contribution in [0.25, 0.3) is 0 Å². The second-order valence-corrected chi connectivity index (χ2v) is 12.2. The van der Waals surface area contributed by atoms with Crippen LogP contribution in [0.3, 0.4) is 0 Å². The Labute approximate surface area is 262 Å². The first-order valence-corrected chi connectivity index (χ1v) is 15.2. The van der Waals surface area contributed by atoms with Crippen molar-refractivity contribution in [3.05, 3.63) is 34.9 Å². The van der Waals surface area contributed by atoms with E-state index in [1.54, 1.807) is 19.9 Å². The normalized spacial score (nSPS) is 14.0. The van der Waals surface area contributed by atoms with Gasteiger partial charge in [0.05, 0.1) is 13.2 Å². The minimum atomic E-state index is -1.54. The molecule has 0 fully saturated rings. The van der Waals surface area contributed by atoms with Crippen molar-refractivity contribution in [2.75, 3.05) is 13.2 Å². The van der Waals surface area contributed by atoms with Gasteiger partial charge in [-0.1, -0.05) is 62.6 Å². The lowest BCUT2D eigenvalue weighted by Gasteiger charge is -2.27. The Bertz CT molecular complexity index is 1060. The molecule has 0 aliphatic rings. The molecular formula is C32H54N4O8. The standard InChI is InChI=1S/C32H54N4O8/c1-20(2)11-9-12-23(7)13-10-14-24(8)15-16-36(44)28(39)18-27(38)35-29(22(5)6)31(41)33-25(17-21(3)4)30(40)34-26(19-37)32(42)43/h11,13,15,21-22,25-26,29,37,44H,9-10,12,14,16-19H2,1-8H3,(H,33,41)(H,34,40)(H,35,38)(H,42,43)/b23-13+,24-15+/t25-,26-,29-/m0/s1. The van der Waals surface area contributed by atoms with Crippen LogP contribution in [0.2, 0.25) is 0 Å². The van der Waals surface area contributed by atoms with Gasteiger partial charge in [-0.05, 0) is 71.6 Å². The molecule has 0 bridgehead atoms. The summed E-state index contributed by atoms with van der Waals surface area (Å²) in [5.41, 5.74) is 3.59. The van der Waals surface area contributed by atoms with E-state index < -0.39 is 66.7 Å². The molecule has 12 nitrogen and oxygen atoms in total. The quantitative estimate of drug-likeness (QED) is 0.0517. The van der Waals surface area contributed by atoms with Crippen molar-refractivity contribution < 1.29 is 39.4 Å². The van der Waals surface area contributed by atoms with E-state index in [4.69, 9.17) is 5.11 Å². The number of hydrogen-bond donors (Lipinski definition) is 6. The number of carboxylic acids is 1. The van der Waals surface area contributed by atoms with Crippen LogP contribution < -0.4 is 16.0 Å². The van der Waals surface area contributed by atoms with Gasteiger partial charge in [-0.3, -0.25) is 24.4 Å². The van der Waals surface area contributed by atoms with Crippen LogP contribution in [0.4, 0.5) is 0 Å². The maximum absolute atomic E-state index is 13.1. The van der Waals surface area contributed by atoms with Crippen LogP contribution in [-0.2, 0) is 24.0 Å². The lowest BCUT2D eigenvalue weighted by Crippen LogP contribution is -2.57. The van der Waals surface area contributed by atoms with Crippen molar-refractivity contribution in [3.8, 4) is 0 Å². The molecule has 0 aromatic rings. The second-order valence-electron chi connectivity index (χ2n) is 12.2. The van der Waals surface area contributed by atoms with Crippen LogP contribution in [-0.4, -0.2) is 81.4 Å². The third kappa shape index (κ3) is 17.6. The highest BCUT2D eigenvalue weighted by Gasteiger charge is 2.31. The van der Waals surface area contributed by atoms with Gasteiger partial charge in [-0.2, -0.15) is 0 Å². The number of hydrogen-bond acceptors (Lipinski definition) is 7. The van der Waals surface area contributed by atoms with Crippen molar-refractivity contribution >= 4 is 29.6 Å². The third-order valence-electron chi connectivity index (χ3n) is 6.74. The van der Waals surface area contributed by atoms with E-state index in [9.17, 15) is 34.3 Å². The molecule has 0 aliphatic carbocycles. The molecule has 0 rings (SSSR count). The SMILES string of the molecule is CC(C)=CCC/C(C)=C/CC/C(C)=C/CN(O)C(=O)CC(=O)N[C@H](C(=O)N[C@@H](CC(C)C)C(=O)N[C@@H](CO)C(=O)O)C(C)C. The molecular weight excluding hydrogens is 568 g/mol. The van der Waals surface area contributed by atoms with E-state index in [0.717, 1.165) is 31.3 Å². The molecule has 250 valence electrons. The van der Waals surface area contributed by atoms with Crippen LogP contribution in [0, 0.1) is 11.8 Å². The van der Waals surface area contributed by atoms with Crippen LogP contribution in [0.15, 0.2) is 34.9 Å². The first-order chi connectivity index (χ1) is 20.5. The number of nitrogens with zero attached hydrogens (tertiary/aromatic N) is 1. The van der Waals surface area contributed by atoms with Crippen molar-refractivity contribution in [2.45, 2.75) is 112 Å². The minimum absolute atomic E-state index is 0.0560. The minimum Gasteiger partial charge on any atom is -0.480 e. The Morgan fingerprint density at radius 3 is 1.82 bits per heavy atom. The molecule has 0 heterocycles. The number of aliphatic carboxylic acids is 1. The fraction of sp³-hybridized carbons (Fsp3) is 0.656. The molecule has 0 saturated heterocycles. The predicted molar refractivity (Wildman–Crippen MR) is 168 cm³/mol. The monoisotopic (exact) mass is 622 g/mol. The van der Waals surface area contributed by atoms with E-state index in [1.807, 2.05) is 20.8 Å². The number of carbonyl (C=O) groups excluding carboxylic acids is 4. The Kier molecular flexibility index (Phi) is 19.5. The molecule has 0 aliphatic heterocycles. The summed E-state index contributed by atoms with van der Waals surface area (Å²) in [6.07, 6.45) is 9.20. The number of carboxylic acid groups (broad SMARTS) is 1. The Morgan fingerprint density at radius 2 is 1.32 bits per heavy atom. The first kappa shape index (κ1) is 40.5. The molecule has 3 atom stereocenters. The number of amides is 4. The summed E-state index contributed by atoms with van der Waals surface area (Å²) in [5.74, 6) is -5.02. The Hall–Kier alpha value is -3.51. The van der Waals surface area contributed by atoms with Crippen LogP contribution >= 0.6 is 0 Å². The fourth-order valence-electron chi connectivity index (χ4n) is 4.09. The van der Waals surface area contributed by atoms with Gasteiger partial charge in [0.2, 0.25) is 17.7 Å². The summed E-state index contributed by atoms with van der Waals surface area (Å²) in [4.78, 5) is 62.1. The topological polar surface area (TPSA) is 185 Å². The van der Waals surface area contributed by atoms with Gasteiger partial charge in [0.25, 0.3) is 5.91 Å². The Morgan fingerprint density at radius 1 is 0.773 bits per heavy atom. The van der Waals surface area contributed by atoms with Crippen molar-refractivity contribution in [2.24, 2.45) is 11.8 Å². The lowest BCUT2D eigenvalue weighted by molar-refractivity contribution is -0.164. The van der Waals surface area contributed by atoms with E-state index >= 15 is 0 Å². The van der Waals surface area contributed by atoms with Crippen molar-refractivity contribution in [1.82, 2.24) is 21.0 Å². The molecule has 4 amide bonds. The third-order valence-corrected chi connectivity index (χ3v) is 6.74. The van der Waals surface area contributed by atoms with E-state index in [-0.39, 0.29) is 18.9 Å². The number of hydroxylamine groups is 2. The number of aliphatic hydroxyl groups excluding tert-OH is 1. The van der Waals surface area contributed by atoms with E-state index in [0.29, 0.717) is 5.06 Å². The number of aliphatic hydroxyl groups is 1. The summed E-state index contributed by atoms with van der Waals surface area (Å²) in [5, 5.41) is 36.2.